The zero-order valence-electron chi connectivity index (χ0n) is 18.7. The zero-order valence-corrected chi connectivity index (χ0v) is 19.5. The van der Waals surface area contributed by atoms with E-state index in [0.29, 0.717) is 43.0 Å². The largest absolute Gasteiger partial charge is 0.433 e. The number of alkyl halides is 3. The Bertz CT molecular complexity index is 1190. The highest BCUT2D eigenvalue weighted by Gasteiger charge is 2.37. The smallest absolute Gasteiger partial charge is 0.383 e. The number of likely N-dealkylation sites (tertiary alicyclic amines) is 1. The minimum absolute atomic E-state index is 0.0754. The lowest BCUT2D eigenvalue weighted by Gasteiger charge is -2.36. The lowest BCUT2D eigenvalue weighted by atomic mass is 9.92. The maximum absolute atomic E-state index is 13.0. The molecule has 2 aromatic heterocycles. The van der Waals surface area contributed by atoms with E-state index >= 15 is 0 Å². The van der Waals surface area contributed by atoms with Crippen LogP contribution >= 0.6 is 11.3 Å². The zero-order chi connectivity index (χ0) is 24.5. The second kappa shape index (κ2) is 9.30. The summed E-state index contributed by atoms with van der Waals surface area (Å²) in [5, 5.41) is 14.6. The molecule has 0 saturated carbocycles. The summed E-state index contributed by atoms with van der Waals surface area (Å²) in [5.74, 6) is -0.0783. The molecule has 11 heteroatoms. The van der Waals surface area contributed by atoms with Crippen molar-refractivity contribution < 1.29 is 23.1 Å². The minimum Gasteiger partial charge on any atom is -0.383 e. The third-order valence-electron chi connectivity index (χ3n) is 5.71. The molecule has 1 aliphatic heterocycles. The monoisotopic (exact) mass is 491 g/mol. The third-order valence-corrected chi connectivity index (χ3v) is 6.95. The number of amides is 1. The number of hydrogen-bond acceptors (Lipinski definition) is 7. The number of hydrogen-bond donors (Lipinski definition) is 2. The Balaban J connectivity index is 1.54. The van der Waals surface area contributed by atoms with Crippen LogP contribution in [0, 0.1) is 6.92 Å². The minimum atomic E-state index is -4.56. The molecule has 4 rings (SSSR count). The van der Waals surface area contributed by atoms with Crippen LogP contribution < -0.4 is 5.32 Å². The average Bonchev–Trinajstić information content (AvgIpc) is 3.30. The second-order valence-electron chi connectivity index (χ2n) is 8.27. The fourth-order valence-electron chi connectivity index (χ4n) is 3.89. The Labute approximate surface area is 198 Å². The summed E-state index contributed by atoms with van der Waals surface area (Å²) in [4.78, 5) is 26.4. The van der Waals surface area contributed by atoms with Gasteiger partial charge >= 0.3 is 6.18 Å². The average molecular weight is 492 g/mol. The van der Waals surface area contributed by atoms with Gasteiger partial charge in [0.15, 0.2) is 0 Å². The van der Waals surface area contributed by atoms with Gasteiger partial charge in [-0.3, -0.25) is 4.79 Å². The summed E-state index contributed by atoms with van der Waals surface area (Å²) < 4.78 is 38.9. The lowest BCUT2D eigenvalue weighted by Crippen LogP contribution is -2.44. The molecule has 180 valence electrons. The molecular weight excluding hydrogens is 467 g/mol. The highest BCUT2D eigenvalue weighted by atomic mass is 32.1. The highest BCUT2D eigenvalue weighted by Crippen LogP contribution is 2.39. The number of carbonyl (C=O) groups is 1. The van der Waals surface area contributed by atoms with Crippen molar-refractivity contribution in [1.29, 1.82) is 0 Å². The summed E-state index contributed by atoms with van der Waals surface area (Å²) >= 11 is 1.36. The number of rotatable bonds is 5. The molecule has 2 N–H and O–H groups in total. The van der Waals surface area contributed by atoms with Gasteiger partial charge in [-0.25, -0.2) is 15.0 Å². The van der Waals surface area contributed by atoms with Gasteiger partial charge in [0.05, 0.1) is 4.88 Å². The molecule has 1 aromatic carbocycles. The molecule has 0 aliphatic carbocycles. The SMILES string of the molecule is CCC(=O)N1CCC(O)(c2ncc(-c3cc(C)cc(Nc4nccc(C(F)(F)F)n4)c3)s2)CC1. The number of benzene rings is 1. The number of aryl methyl sites for hydroxylation is 1. The van der Waals surface area contributed by atoms with Crippen molar-refractivity contribution in [3.8, 4) is 10.4 Å². The van der Waals surface area contributed by atoms with Crippen molar-refractivity contribution in [2.45, 2.75) is 44.9 Å². The van der Waals surface area contributed by atoms with E-state index in [2.05, 4.69) is 20.3 Å². The number of aromatic nitrogens is 3. The normalized spacial score (nSPS) is 15.9. The van der Waals surface area contributed by atoms with E-state index in [0.717, 1.165) is 28.3 Å². The van der Waals surface area contributed by atoms with Crippen LogP contribution in [-0.2, 0) is 16.6 Å². The number of nitrogens with zero attached hydrogens (tertiary/aromatic N) is 4. The fourth-order valence-corrected chi connectivity index (χ4v) is 4.94. The second-order valence-corrected chi connectivity index (χ2v) is 9.30. The standard InChI is InChI=1S/C23H24F3N5O2S/c1-3-19(32)31-8-5-22(33,6-9-31)20-28-13-17(34-20)15-10-14(2)11-16(12-15)29-21-27-7-4-18(30-21)23(24,25)26/h4,7,10-13,33H,3,5-6,8-9H2,1-2H3,(H,27,29,30). The van der Waals surface area contributed by atoms with Crippen LogP contribution in [0.4, 0.5) is 24.8 Å². The number of anilines is 2. The summed E-state index contributed by atoms with van der Waals surface area (Å²) in [5.41, 5.74) is 0.108. The number of thiazole rings is 1. The molecule has 1 saturated heterocycles. The van der Waals surface area contributed by atoms with Crippen LogP contribution in [0.15, 0.2) is 36.7 Å². The first kappa shape index (κ1) is 24.1. The van der Waals surface area contributed by atoms with Crippen molar-refractivity contribution in [3.63, 3.8) is 0 Å². The van der Waals surface area contributed by atoms with Gasteiger partial charge < -0.3 is 15.3 Å². The van der Waals surface area contributed by atoms with Gasteiger partial charge in [0.25, 0.3) is 0 Å². The van der Waals surface area contributed by atoms with Gasteiger partial charge in [0.2, 0.25) is 11.9 Å². The molecule has 3 aromatic rings. The third kappa shape index (κ3) is 5.20. The van der Waals surface area contributed by atoms with Gasteiger partial charge in [-0.1, -0.05) is 13.0 Å². The molecule has 0 radical (unpaired) electrons. The molecule has 7 nitrogen and oxygen atoms in total. The molecule has 3 heterocycles. The van der Waals surface area contributed by atoms with Crippen LogP contribution in [0.2, 0.25) is 0 Å². The lowest BCUT2D eigenvalue weighted by molar-refractivity contribution is -0.141. The molecule has 34 heavy (non-hydrogen) atoms. The first-order valence-electron chi connectivity index (χ1n) is 10.8. The molecule has 1 fully saturated rings. The van der Waals surface area contributed by atoms with Crippen molar-refractivity contribution in [1.82, 2.24) is 19.9 Å². The Kier molecular flexibility index (Phi) is 6.59. The first-order chi connectivity index (χ1) is 16.1. The van der Waals surface area contributed by atoms with E-state index in [1.54, 1.807) is 23.2 Å². The predicted molar refractivity (Wildman–Crippen MR) is 123 cm³/mol. The highest BCUT2D eigenvalue weighted by molar-refractivity contribution is 7.15. The molecule has 1 aliphatic rings. The summed E-state index contributed by atoms with van der Waals surface area (Å²) in [7, 11) is 0. The molecule has 0 atom stereocenters. The molecule has 0 bridgehead atoms. The maximum atomic E-state index is 13.0. The van der Waals surface area contributed by atoms with Crippen molar-refractivity contribution in [2.75, 3.05) is 18.4 Å². The Morgan fingerprint density at radius 1 is 1.24 bits per heavy atom. The number of nitrogens with one attached hydrogen (secondary N) is 1. The van der Waals surface area contributed by atoms with E-state index in [-0.39, 0.29) is 11.9 Å². The Morgan fingerprint density at radius 3 is 2.65 bits per heavy atom. The van der Waals surface area contributed by atoms with Crippen molar-refractivity contribution in [3.05, 3.63) is 52.9 Å². The molecule has 0 spiro atoms. The summed E-state index contributed by atoms with van der Waals surface area (Å²) in [6, 6.07) is 6.31. The predicted octanol–water partition coefficient (Wildman–Crippen LogP) is 4.89. The van der Waals surface area contributed by atoms with E-state index in [1.807, 2.05) is 19.9 Å². The molecule has 1 amide bonds. The van der Waals surface area contributed by atoms with Crippen LogP contribution in [0.1, 0.15) is 42.5 Å². The maximum Gasteiger partial charge on any atom is 0.433 e. The van der Waals surface area contributed by atoms with Gasteiger partial charge in [-0.15, -0.1) is 11.3 Å². The topological polar surface area (TPSA) is 91.2 Å². The van der Waals surface area contributed by atoms with Gasteiger partial charge in [-0.2, -0.15) is 13.2 Å². The van der Waals surface area contributed by atoms with Crippen LogP contribution in [-0.4, -0.2) is 44.0 Å². The van der Waals surface area contributed by atoms with Crippen molar-refractivity contribution >= 4 is 28.9 Å². The number of halogens is 3. The number of carbonyl (C=O) groups excluding carboxylic acids is 1. The molecular formula is C23H24F3N5O2S. The van der Waals surface area contributed by atoms with Gasteiger partial charge in [0, 0.05) is 50.4 Å². The summed E-state index contributed by atoms with van der Waals surface area (Å²) in [6.07, 6.45) is -0.546. The van der Waals surface area contributed by atoms with E-state index in [9.17, 15) is 23.1 Å². The van der Waals surface area contributed by atoms with E-state index < -0.39 is 17.5 Å². The number of aliphatic hydroxyl groups is 1. The van der Waals surface area contributed by atoms with Gasteiger partial charge in [0.1, 0.15) is 16.3 Å². The van der Waals surface area contributed by atoms with Crippen LogP contribution in [0.3, 0.4) is 0 Å². The van der Waals surface area contributed by atoms with Crippen LogP contribution in [0.25, 0.3) is 10.4 Å². The van der Waals surface area contributed by atoms with Crippen molar-refractivity contribution in [2.24, 2.45) is 0 Å². The Morgan fingerprint density at radius 2 is 1.97 bits per heavy atom. The van der Waals surface area contributed by atoms with Gasteiger partial charge in [-0.05, 0) is 36.2 Å². The number of piperidine rings is 1. The summed E-state index contributed by atoms with van der Waals surface area (Å²) in [6.45, 7) is 4.65. The van der Waals surface area contributed by atoms with E-state index in [4.69, 9.17) is 0 Å². The Hall–Kier alpha value is -3.05. The van der Waals surface area contributed by atoms with E-state index in [1.165, 1.54) is 11.3 Å². The quantitative estimate of drug-likeness (QED) is 0.528. The molecule has 0 unspecified atom stereocenters. The fraction of sp³-hybridized carbons (Fsp3) is 0.391. The van der Waals surface area contributed by atoms with Crippen LogP contribution in [0.5, 0.6) is 0 Å². The first-order valence-corrected chi connectivity index (χ1v) is 11.6.